The third-order valence-electron chi connectivity index (χ3n) is 3.66. The van der Waals surface area contributed by atoms with Crippen LogP contribution in [0.15, 0.2) is 24.3 Å². The van der Waals surface area contributed by atoms with E-state index >= 15 is 0 Å². The van der Waals surface area contributed by atoms with Gasteiger partial charge >= 0.3 is 0 Å². The van der Waals surface area contributed by atoms with Gasteiger partial charge in [-0.2, -0.15) is 0 Å². The lowest BCUT2D eigenvalue weighted by molar-refractivity contribution is 0.314. The molecule has 18 heavy (non-hydrogen) atoms. The van der Waals surface area contributed by atoms with E-state index < -0.39 is 0 Å². The molecular formula is C16H28N2. The highest BCUT2D eigenvalue weighted by atomic mass is 14.8. The number of aryl methyl sites for hydroxylation is 1. The van der Waals surface area contributed by atoms with Crippen molar-refractivity contribution in [3.8, 4) is 0 Å². The number of hydrogen-bond donors (Lipinski definition) is 2. The molecule has 1 aromatic rings. The van der Waals surface area contributed by atoms with E-state index in [1.165, 1.54) is 17.5 Å². The number of nitrogens with one attached hydrogen (secondary N) is 1. The highest BCUT2D eigenvalue weighted by molar-refractivity contribution is 5.25. The molecule has 102 valence electrons. The van der Waals surface area contributed by atoms with E-state index in [0.717, 1.165) is 13.0 Å². The molecule has 0 saturated heterocycles. The Labute approximate surface area is 112 Å². The SMILES string of the molecule is CCCc1ccc(C(N)C(CNC)C(C)C)cc1. The molecule has 0 amide bonds. The van der Waals surface area contributed by atoms with Gasteiger partial charge < -0.3 is 11.1 Å². The van der Waals surface area contributed by atoms with Crippen LogP contribution in [0.4, 0.5) is 0 Å². The van der Waals surface area contributed by atoms with E-state index in [-0.39, 0.29) is 6.04 Å². The lowest BCUT2D eigenvalue weighted by Gasteiger charge is -2.27. The normalized spacial score (nSPS) is 14.8. The fourth-order valence-corrected chi connectivity index (χ4v) is 2.46. The van der Waals surface area contributed by atoms with Crippen molar-refractivity contribution >= 4 is 0 Å². The van der Waals surface area contributed by atoms with Gasteiger partial charge in [0.1, 0.15) is 0 Å². The van der Waals surface area contributed by atoms with Crippen molar-refractivity contribution in [1.82, 2.24) is 5.32 Å². The summed E-state index contributed by atoms with van der Waals surface area (Å²) >= 11 is 0. The van der Waals surface area contributed by atoms with Crippen LogP contribution in [-0.4, -0.2) is 13.6 Å². The van der Waals surface area contributed by atoms with Crippen LogP contribution in [0.2, 0.25) is 0 Å². The minimum atomic E-state index is 0.119. The number of nitrogens with two attached hydrogens (primary N) is 1. The van der Waals surface area contributed by atoms with Gasteiger partial charge in [-0.1, -0.05) is 51.5 Å². The molecule has 2 nitrogen and oxygen atoms in total. The Morgan fingerprint density at radius 3 is 2.22 bits per heavy atom. The van der Waals surface area contributed by atoms with Gasteiger partial charge in [-0.25, -0.2) is 0 Å². The average Bonchev–Trinajstić information content (AvgIpc) is 2.36. The molecule has 3 N–H and O–H groups in total. The topological polar surface area (TPSA) is 38.0 Å². The summed E-state index contributed by atoms with van der Waals surface area (Å²) in [6.45, 7) is 7.66. The van der Waals surface area contributed by atoms with E-state index in [0.29, 0.717) is 11.8 Å². The first-order valence-corrected chi connectivity index (χ1v) is 7.09. The van der Waals surface area contributed by atoms with Crippen molar-refractivity contribution in [2.24, 2.45) is 17.6 Å². The summed E-state index contributed by atoms with van der Waals surface area (Å²) in [7, 11) is 1.99. The Morgan fingerprint density at radius 1 is 1.17 bits per heavy atom. The second-order valence-corrected chi connectivity index (χ2v) is 5.48. The van der Waals surface area contributed by atoms with E-state index in [1.54, 1.807) is 0 Å². The monoisotopic (exact) mass is 248 g/mol. The summed E-state index contributed by atoms with van der Waals surface area (Å²) in [5, 5.41) is 3.25. The van der Waals surface area contributed by atoms with E-state index in [1.807, 2.05) is 7.05 Å². The lowest BCUT2D eigenvalue weighted by atomic mass is 9.84. The third kappa shape index (κ3) is 4.11. The van der Waals surface area contributed by atoms with Crippen LogP contribution < -0.4 is 11.1 Å². The summed E-state index contributed by atoms with van der Waals surface area (Å²) in [4.78, 5) is 0. The van der Waals surface area contributed by atoms with Crippen LogP contribution in [0.25, 0.3) is 0 Å². The van der Waals surface area contributed by atoms with Crippen molar-refractivity contribution in [2.75, 3.05) is 13.6 Å². The molecule has 0 bridgehead atoms. The molecule has 0 saturated carbocycles. The van der Waals surface area contributed by atoms with Gasteiger partial charge in [0, 0.05) is 6.04 Å². The molecule has 0 aliphatic carbocycles. The molecule has 2 heteroatoms. The minimum Gasteiger partial charge on any atom is -0.324 e. The standard InChI is InChI=1S/C16H28N2/c1-5-6-13-7-9-14(10-8-13)16(17)15(11-18-4)12(2)3/h7-10,12,15-16,18H,5-6,11,17H2,1-4H3. The molecule has 0 fully saturated rings. The minimum absolute atomic E-state index is 0.119. The van der Waals surface area contributed by atoms with Gasteiger partial charge in [0.05, 0.1) is 0 Å². The second kappa shape index (κ2) is 7.55. The summed E-state index contributed by atoms with van der Waals surface area (Å²) in [6, 6.07) is 8.94. The van der Waals surface area contributed by atoms with Gasteiger partial charge in [0.25, 0.3) is 0 Å². The Balaban J connectivity index is 2.77. The van der Waals surface area contributed by atoms with Crippen molar-refractivity contribution < 1.29 is 0 Å². The number of rotatable bonds is 7. The first-order valence-electron chi connectivity index (χ1n) is 7.09. The molecule has 0 aromatic heterocycles. The molecule has 0 spiro atoms. The summed E-state index contributed by atoms with van der Waals surface area (Å²) in [5.41, 5.74) is 9.07. The second-order valence-electron chi connectivity index (χ2n) is 5.48. The van der Waals surface area contributed by atoms with E-state index in [2.05, 4.69) is 50.4 Å². The quantitative estimate of drug-likeness (QED) is 0.778. The third-order valence-corrected chi connectivity index (χ3v) is 3.66. The van der Waals surface area contributed by atoms with E-state index in [4.69, 9.17) is 5.73 Å². The first-order chi connectivity index (χ1) is 8.60. The predicted molar refractivity (Wildman–Crippen MR) is 79.6 cm³/mol. The van der Waals surface area contributed by atoms with Crippen molar-refractivity contribution in [3.63, 3.8) is 0 Å². The van der Waals surface area contributed by atoms with E-state index in [9.17, 15) is 0 Å². The van der Waals surface area contributed by atoms with Gasteiger partial charge in [0.15, 0.2) is 0 Å². The van der Waals surface area contributed by atoms with Crippen LogP contribution >= 0.6 is 0 Å². The predicted octanol–water partition coefficient (Wildman–Crippen LogP) is 3.13. The van der Waals surface area contributed by atoms with Crippen LogP contribution in [-0.2, 0) is 6.42 Å². The van der Waals surface area contributed by atoms with Crippen LogP contribution in [0.5, 0.6) is 0 Å². The molecule has 1 rings (SSSR count). The zero-order valence-corrected chi connectivity index (χ0v) is 12.2. The van der Waals surface area contributed by atoms with Gasteiger partial charge in [-0.15, -0.1) is 0 Å². The summed E-state index contributed by atoms with van der Waals surface area (Å²) in [5.74, 6) is 1.06. The Hall–Kier alpha value is -0.860. The molecule has 2 atom stereocenters. The number of hydrogen-bond acceptors (Lipinski definition) is 2. The molecule has 2 unspecified atom stereocenters. The molecule has 1 aromatic carbocycles. The lowest BCUT2D eigenvalue weighted by Crippen LogP contribution is -2.33. The van der Waals surface area contributed by atoms with Gasteiger partial charge in [0.2, 0.25) is 0 Å². The van der Waals surface area contributed by atoms with Gasteiger partial charge in [-0.05, 0) is 43.0 Å². The zero-order valence-electron chi connectivity index (χ0n) is 12.2. The van der Waals surface area contributed by atoms with Crippen LogP contribution in [0, 0.1) is 11.8 Å². The zero-order chi connectivity index (χ0) is 13.5. The average molecular weight is 248 g/mol. The fourth-order valence-electron chi connectivity index (χ4n) is 2.46. The summed E-state index contributed by atoms with van der Waals surface area (Å²) in [6.07, 6.45) is 2.35. The fraction of sp³-hybridized carbons (Fsp3) is 0.625. The first kappa shape index (κ1) is 15.2. The molecule has 0 aliphatic rings. The van der Waals surface area contributed by atoms with Crippen molar-refractivity contribution in [1.29, 1.82) is 0 Å². The van der Waals surface area contributed by atoms with Crippen LogP contribution in [0.3, 0.4) is 0 Å². The van der Waals surface area contributed by atoms with Gasteiger partial charge in [-0.3, -0.25) is 0 Å². The highest BCUT2D eigenvalue weighted by Crippen LogP contribution is 2.25. The Morgan fingerprint density at radius 2 is 1.78 bits per heavy atom. The summed E-state index contributed by atoms with van der Waals surface area (Å²) < 4.78 is 0. The van der Waals surface area contributed by atoms with Crippen molar-refractivity contribution in [2.45, 2.75) is 39.7 Å². The Bertz CT molecular complexity index is 329. The largest absolute Gasteiger partial charge is 0.324 e. The maximum atomic E-state index is 6.41. The van der Waals surface area contributed by atoms with Crippen LogP contribution in [0.1, 0.15) is 44.4 Å². The molecule has 0 heterocycles. The maximum Gasteiger partial charge on any atom is 0.0338 e. The van der Waals surface area contributed by atoms with Crippen molar-refractivity contribution in [3.05, 3.63) is 35.4 Å². The Kier molecular flexibility index (Phi) is 6.37. The molecular weight excluding hydrogens is 220 g/mol. The number of benzene rings is 1. The maximum absolute atomic E-state index is 6.41. The smallest absolute Gasteiger partial charge is 0.0338 e. The molecule has 0 radical (unpaired) electrons. The molecule has 0 aliphatic heterocycles. The highest BCUT2D eigenvalue weighted by Gasteiger charge is 2.21.